The van der Waals surface area contributed by atoms with E-state index < -0.39 is 0 Å². The van der Waals surface area contributed by atoms with E-state index in [-0.39, 0.29) is 289 Å². The predicted molar refractivity (Wildman–Crippen MR) is 250 cm³/mol. The molecule has 0 atom stereocenters. The molecule has 0 fully saturated rings. The summed E-state index contributed by atoms with van der Waals surface area (Å²) in [4.78, 5) is 0. The van der Waals surface area contributed by atoms with Crippen LogP contribution in [0.3, 0.4) is 0 Å². The van der Waals surface area contributed by atoms with Gasteiger partial charge in [-0.05, 0) is 0 Å². The summed E-state index contributed by atoms with van der Waals surface area (Å²) >= 11 is 25.5. The summed E-state index contributed by atoms with van der Waals surface area (Å²) < 4.78 is 16.0. The summed E-state index contributed by atoms with van der Waals surface area (Å²) in [5.41, 5.74) is 0. The Morgan fingerprint density at radius 2 is 0.167 bits per heavy atom. The third-order valence-electron chi connectivity index (χ3n) is 2.45. The normalized spacial score (nSPS) is 6.00. The minimum absolute atomic E-state index is 0. The first-order valence-corrected chi connectivity index (χ1v) is 37.7. The average molecular weight is 3970 g/mol. The molecular weight excluding hydrogens is 3890 g/mol. The number of rotatable bonds is 12. The molecule has 0 N–H and O–H groups in total. The van der Waals surface area contributed by atoms with Crippen LogP contribution >= 0.6 is 0 Å². The van der Waals surface area contributed by atoms with Crippen molar-refractivity contribution in [3.8, 4) is 0 Å². The van der Waals surface area contributed by atoms with E-state index in [1.165, 1.54) is 131 Å². The smallest absolute Gasteiger partial charge is 0 e. The van der Waals surface area contributed by atoms with Crippen LogP contribution in [0.2, 0.25) is 53.6 Å². The van der Waals surface area contributed by atoms with Gasteiger partial charge in [0.1, 0.15) is 0 Å². The van der Waals surface area contributed by atoms with Crippen LogP contribution in [0.1, 0.15) is 160 Å². The first kappa shape index (κ1) is 159. The summed E-state index contributed by atoms with van der Waals surface area (Å²) in [7, 11) is 0. The second kappa shape index (κ2) is 250. The molecule has 0 aliphatic heterocycles. The van der Waals surface area contributed by atoms with Crippen LogP contribution in [-0.4, -0.2) is 268 Å². The predicted octanol–water partition coefficient (Wildman–Crippen LogP) is -0.206. The Morgan fingerprint density at radius 3 is 0.167 bits per heavy atom. The summed E-state index contributed by atoms with van der Waals surface area (Å²) in [6.45, 7) is 26.2. The fraction of sp³-hybridized carbons (Fsp3) is 1.00. The van der Waals surface area contributed by atoms with Gasteiger partial charge in [0.05, 0.1) is 0 Å². The Labute approximate surface area is 750 Å². The summed E-state index contributed by atoms with van der Waals surface area (Å²) in [6, 6.07) is 0. The van der Waals surface area contributed by atoms with Gasteiger partial charge in [0, 0.05) is 221 Å². The summed E-state index contributed by atoms with van der Waals surface area (Å²) in [6.07, 6.45) is 15.9. The molecule has 0 nitrogen and oxygen atoms in total. The Kier molecular flexibility index (Phi) is 663. The molecule has 0 aromatic rings. The monoisotopic (exact) mass is 4010 g/mol. The molecule has 0 aromatic heterocycles. The quantitative estimate of drug-likeness (QED) is 0.238. The molecule has 0 spiro atoms. The second-order valence-corrected chi connectivity index (χ2v) is 22.4. The zero-order chi connectivity index (χ0) is 41.0. The Bertz CT molecular complexity index is 203. The van der Waals surface area contributed by atoms with E-state index >= 15 is 0 Å². The maximum Gasteiger partial charge on any atom is 0 e. The first-order chi connectivity index (χ1) is 23.0. The fourth-order valence-electron chi connectivity index (χ4n) is 0. The standard InChI is InChI=1S/12C3H7Te.4BrH.8Hg/c12*1-2-3-4;;;;;;;;;;;;/h12*2-3H2,1H3;4*1H;;;;;;;;/p-4. The van der Waals surface area contributed by atoms with Gasteiger partial charge >= 0.3 is 481 Å². The topological polar surface area (TPSA) is 0 Å². The van der Waals surface area contributed by atoms with E-state index in [0.29, 0.717) is 0 Å². The Hall–Kier alpha value is 18.9. The average Bonchev–Trinajstić information content (AvgIpc) is 3.18. The van der Waals surface area contributed by atoms with E-state index in [2.05, 4.69) is 351 Å². The van der Waals surface area contributed by atoms with Crippen molar-refractivity contribution in [2.45, 2.75) is 214 Å². The van der Waals surface area contributed by atoms with E-state index in [1.807, 2.05) is 0 Å². The second-order valence-electron chi connectivity index (χ2n) is 8.45. The molecule has 60 heavy (non-hydrogen) atoms. The van der Waals surface area contributed by atoms with Crippen LogP contribution in [-0.2, 0) is 221 Å². The first-order valence-electron chi connectivity index (χ1n) is 17.9. The third-order valence-corrected chi connectivity index (χ3v) is 16.4. The Balaban J connectivity index is -0.0000000105. The van der Waals surface area contributed by atoms with Crippen LogP contribution < -0.4 is 67.9 Å². The van der Waals surface area contributed by atoms with Crippen molar-refractivity contribution >= 4 is 268 Å². The van der Waals surface area contributed by atoms with Crippen molar-refractivity contribution in [1.29, 1.82) is 0 Å². The van der Waals surface area contributed by atoms with Crippen LogP contribution in [0.15, 0.2) is 0 Å². The molecular formula is C36H84Br4Hg8Te12-4. The maximum atomic E-state index is 2.18. The molecule has 24 heteroatoms. The van der Waals surface area contributed by atoms with E-state index in [9.17, 15) is 0 Å². The van der Waals surface area contributed by atoms with Gasteiger partial charge < -0.3 is 67.9 Å². The largest absolute Gasteiger partial charge is 1.00 e. The van der Waals surface area contributed by atoms with Gasteiger partial charge in [-0.15, -0.1) is 0 Å². The number of halogens is 4. The molecule has 0 aliphatic rings. The Morgan fingerprint density at radius 1 is 0.150 bits per heavy atom. The molecule has 0 unspecified atom stereocenters. The van der Waals surface area contributed by atoms with Crippen LogP contribution in [0.5, 0.6) is 0 Å². The minimum Gasteiger partial charge on any atom is -1.00 e. The van der Waals surface area contributed by atoms with Crippen molar-refractivity contribution in [2.75, 3.05) is 0 Å². The van der Waals surface area contributed by atoms with E-state index in [0.717, 1.165) is 0 Å². The third kappa shape index (κ3) is 464. The van der Waals surface area contributed by atoms with Gasteiger partial charge in [-0.3, -0.25) is 0 Å². The molecule has 12 radical (unpaired) electrons. The molecule has 0 bridgehead atoms. The van der Waals surface area contributed by atoms with Crippen molar-refractivity contribution in [3.63, 3.8) is 0 Å². The maximum absolute atomic E-state index is 2.18. The van der Waals surface area contributed by atoms with Crippen molar-refractivity contribution in [3.05, 3.63) is 0 Å². The zero-order valence-electron chi connectivity index (χ0n) is 41.0. The van der Waals surface area contributed by atoms with Gasteiger partial charge in [-0.1, -0.05) is 0 Å². The van der Waals surface area contributed by atoms with Gasteiger partial charge in [-0.2, -0.15) is 0 Å². The van der Waals surface area contributed by atoms with Gasteiger partial charge in [0.2, 0.25) is 0 Å². The van der Waals surface area contributed by atoms with Gasteiger partial charge in [0.15, 0.2) is 0 Å². The molecule has 0 rings (SSSR count). The molecule has 0 aliphatic carbocycles. The van der Waals surface area contributed by atoms with Crippen LogP contribution in [0, 0.1) is 0 Å². The molecule has 0 amide bonds. The summed E-state index contributed by atoms with van der Waals surface area (Å²) in [5, 5.41) is 0. The zero-order valence-corrected chi connectivity index (χ0v) is 119. The van der Waals surface area contributed by atoms with E-state index in [4.69, 9.17) is 0 Å². The molecule has 0 saturated carbocycles. The minimum atomic E-state index is 0. The number of hydrogen-bond acceptors (Lipinski definition) is 0. The van der Waals surface area contributed by atoms with Crippen molar-refractivity contribution in [1.82, 2.24) is 0 Å². The van der Waals surface area contributed by atoms with Crippen LogP contribution in [0.25, 0.3) is 0 Å². The SMILES string of the molecule is CCC[Te].CCC[Te].CCC[Te].CCC[Te].CCC[Te].CCC[Te].CCC[Te].CCC[Te].CCC[Te].CCC[Te].CCC[Te].CCC[Te].[Br-].[Br-].[Br-].[Br-].[Hg].[Hg].[Hg].[Hg].[Hg].[Hg].[Hg].[Hg]. The van der Waals surface area contributed by atoms with E-state index in [1.54, 1.807) is 0 Å². The fourth-order valence-corrected chi connectivity index (χ4v) is 0. The van der Waals surface area contributed by atoms with Crippen LogP contribution in [0.4, 0.5) is 0 Å². The van der Waals surface area contributed by atoms with Gasteiger partial charge in [0.25, 0.3) is 0 Å². The summed E-state index contributed by atoms with van der Waals surface area (Å²) in [5.74, 6) is 0. The van der Waals surface area contributed by atoms with Crippen molar-refractivity contribution < 1.29 is 289 Å². The molecule has 0 saturated heterocycles. The molecule has 0 aromatic carbocycles. The molecule has 0 heterocycles. The van der Waals surface area contributed by atoms with Crippen molar-refractivity contribution in [2.24, 2.45) is 0 Å². The number of hydrogen-bond donors (Lipinski definition) is 0. The molecule has 348 valence electrons. The van der Waals surface area contributed by atoms with Gasteiger partial charge in [-0.25, -0.2) is 0 Å².